The fourth-order valence-electron chi connectivity index (χ4n) is 4.43. The van der Waals surface area contributed by atoms with Crippen molar-refractivity contribution in [2.75, 3.05) is 38.3 Å². The van der Waals surface area contributed by atoms with Gasteiger partial charge in [-0.3, -0.25) is 9.59 Å². The number of rotatable bonds is 8. The fraction of sp³-hybridized carbons (Fsp3) is 0.321. The summed E-state index contributed by atoms with van der Waals surface area (Å²) in [6.45, 7) is 3.02. The molecule has 4 rings (SSSR count). The molecule has 0 unspecified atom stereocenters. The molecule has 11 heteroatoms. The lowest BCUT2D eigenvalue weighted by molar-refractivity contribution is -0.116. The first-order chi connectivity index (χ1) is 18.6. The summed E-state index contributed by atoms with van der Waals surface area (Å²) in [4.78, 5) is 31.0. The maximum atomic E-state index is 15.1. The zero-order valence-electron chi connectivity index (χ0n) is 22.1. The molecule has 2 aromatic carbocycles. The van der Waals surface area contributed by atoms with Crippen molar-refractivity contribution in [1.29, 1.82) is 0 Å². The molecule has 0 atom stereocenters. The van der Waals surface area contributed by atoms with Crippen molar-refractivity contribution in [3.05, 3.63) is 71.2 Å². The second-order valence-corrected chi connectivity index (χ2v) is 11.2. The highest BCUT2D eigenvalue weighted by atomic mass is 32.2. The number of sulfone groups is 1. The molecule has 3 aromatic rings. The van der Waals surface area contributed by atoms with Gasteiger partial charge in [-0.05, 0) is 55.4 Å². The lowest BCUT2D eigenvalue weighted by Crippen LogP contribution is -2.33. The third-order valence-electron chi connectivity index (χ3n) is 6.49. The number of nitrogens with zero attached hydrogens (tertiary/aromatic N) is 2. The van der Waals surface area contributed by atoms with Crippen molar-refractivity contribution in [2.24, 2.45) is 0 Å². The lowest BCUT2D eigenvalue weighted by Gasteiger charge is -2.22. The highest BCUT2D eigenvalue weighted by Crippen LogP contribution is 2.31. The number of halogens is 1. The molecule has 9 nitrogen and oxygen atoms in total. The van der Waals surface area contributed by atoms with Gasteiger partial charge in [-0.15, -0.1) is 0 Å². The van der Waals surface area contributed by atoms with E-state index in [1.807, 2.05) is 24.3 Å². The van der Waals surface area contributed by atoms with Crippen LogP contribution in [0.15, 0.2) is 53.6 Å². The first-order valence-electron chi connectivity index (χ1n) is 12.6. The first kappa shape index (κ1) is 28.2. The summed E-state index contributed by atoms with van der Waals surface area (Å²) in [7, 11) is -1.99. The molecular weight excluding hydrogens is 523 g/mol. The van der Waals surface area contributed by atoms with Gasteiger partial charge in [0.25, 0.3) is 5.91 Å². The zero-order chi connectivity index (χ0) is 28.2. The molecule has 0 fully saturated rings. The maximum Gasteiger partial charge on any atom is 0.254 e. The fourth-order valence-corrected chi connectivity index (χ4v) is 5.20. The Labute approximate surface area is 227 Å². The Hall–Kier alpha value is -3.83. The summed E-state index contributed by atoms with van der Waals surface area (Å²) >= 11 is 0. The predicted octanol–water partition coefficient (Wildman–Crippen LogP) is 3.44. The molecule has 2 heterocycles. The van der Waals surface area contributed by atoms with Gasteiger partial charge in [-0.2, -0.15) is 0 Å². The van der Waals surface area contributed by atoms with Gasteiger partial charge in [0.05, 0.1) is 6.54 Å². The van der Waals surface area contributed by atoms with E-state index in [1.54, 1.807) is 31.1 Å². The average Bonchev–Trinajstić information content (AvgIpc) is 3.13. The molecule has 0 radical (unpaired) electrons. The van der Waals surface area contributed by atoms with Crippen LogP contribution in [0.3, 0.4) is 0 Å². The number of nitrogens with one attached hydrogen (secondary N) is 2. The number of aromatic nitrogens is 1. The molecule has 1 aliphatic heterocycles. The van der Waals surface area contributed by atoms with Gasteiger partial charge >= 0.3 is 0 Å². The van der Waals surface area contributed by atoms with E-state index in [0.717, 1.165) is 29.0 Å². The smallest absolute Gasteiger partial charge is 0.254 e. The van der Waals surface area contributed by atoms with E-state index >= 15 is 4.39 Å². The highest BCUT2D eigenvalue weighted by molar-refractivity contribution is 7.90. The Balaban J connectivity index is 1.57. The van der Waals surface area contributed by atoms with Crippen molar-refractivity contribution in [3.63, 3.8) is 0 Å². The molecule has 2 amide bonds. The number of amides is 2. The standard InChI is InChI=1S/C28H31FN4O5S/c1-4-21-22(7-9-24(27(21)29)39(3,36)37)28(35)33-13-14-38-23-8-5-18(15-20(23)17-33)19-6-10-25(31-16-19)32-26(34)11-12-30-2/h5-10,15-16,30H,4,11-14,17H2,1-3H3,(H,31,32,34). The quantitative estimate of drug-likeness (QED) is 0.438. The van der Waals surface area contributed by atoms with Crippen LogP contribution >= 0.6 is 0 Å². The number of benzene rings is 2. The van der Waals surface area contributed by atoms with Crippen LogP contribution in [-0.4, -0.2) is 63.1 Å². The van der Waals surface area contributed by atoms with Crippen molar-refractivity contribution < 1.29 is 27.1 Å². The zero-order valence-corrected chi connectivity index (χ0v) is 22.9. The Kier molecular flexibility index (Phi) is 8.61. The minimum Gasteiger partial charge on any atom is -0.491 e. The van der Waals surface area contributed by atoms with Crippen LogP contribution in [0.1, 0.15) is 34.8 Å². The van der Waals surface area contributed by atoms with Crippen molar-refractivity contribution >= 4 is 27.5 Å². The highest BCUT2D eigenvalue weighted by Gasteiger charge is 2.27. The summed E-state index contributed by atoms with van der Waals surface area (Å²) in [5, 5.41) is 5.68. The molecule has 1 aromatic heterocycles. The van der Waals surface area contributed by atoms with Crippen LogP contribution in [-0.2, 0) is 27.6 Å². The first-order valence-corrected chi connectivity index (χ1v) is 14.5. The second-order valence-electron chi connectivity index (χ2n) is 9.26. The Morgan fingerprint density at radius 3 is 2.56 bits per heavy atom. The summed E-state index contributed by atoms with van der Waals surface area (Å²) < 4.78 is 44.9. The van der Waals surface area contributed by atoms with Gasteiger partial charge in [0.15, 0.2) is 9.84 Å². The van der Waals surface area contributed by atoms with Crippen LogP contribution in [0, 0.1) is 5.82 Å². The van der Waals surface area contributed by atoms with Gasteiger partial charge in [0.1, 0.15) is 28.9 Å². The Bertz CT molecular complexity index is 1490. The van der Waals surface area contributed by atoms with Crippen molar-refractivity contribution in [3.8, 4) is 16.9 Å². The van der Waals surface area contributed by atoms with Gasteiger partial charge < -0.3 is 20.3 Å². The Morgan fingerprint density at radius 1 is 1.13 bits per heavy atom. The third kappa shape index (κ3) is 6.43. The number of hydrogen-bond acceptors (Lipinski definition) is 7. The average molecular weight is 555 g/mol. The SMILES string of the molecule is CCc1c(C(=O)N2CCOc3ccc(-c4ccc(NC(=O)CCNC)nc4)cc3C2)ccc(S(C)(=O)=O)c1F. The molecular formula is C28H31FN4O5S. The van der Waals surface area contributed by atoms with E-state index in [0.29, 0.717) is 24.5 Å². The summed E-state index contributed by atoms with van der Waals surface area (Å²) in [5.74, 6) is -0.310. The third-order valence-corrected chi connectivity index (χ3v) is 7.60. The van der Waals surface area contributed by atoms with E-state index in [4.69, 9.17) is 4.74 Å². The van der Waals surface area contributed by atoms with Gasteiger partial charge in [-0.25, -0.2) is 17.8 Å². The van der Waals surface area contributed by atoms with Crippen molar-refractivity contribution in [1.82, 2.24) is 15.2 Å². The van der Waals surface area contributed by atoms with Crippen LogP contribution in [0.5, 0.6) is 5.75 Å². The van der Waals surface area contributed by atoms with Gasteiger partial charge in [0.2, 0.25) is 5.91 Å². The number of anilines is 1. The molecule has 0 spiro atoms. The minimum absolute atomic E-state index is 0.0753. The number of ether oxygens (including phenoxy) is 1. The topological polar surface area (TPSA) is 118 Å². The van der Waals surface area contributed by atoms with Crippen LogP contribution in [0.4, 0.5) is 10.2 Å². The summed E-state index contributed by atoms with van der Waals surface area (Å²) in [5.41, 5.74) is 2.66. The molecule has 1 aliphatic rings. The van der Waals surface area contributed by atoms with E-state index in [2.05, 4.69) is 15.6 Å². The van der Waals surface area contributed by atoms with Gasteiger partial charge in [0, 0.05) is 54.2 Å². The molecule has 0 saturated heterocycles. The van der Waals surface area contributed by atoms with Crippen LogP contribution in [0.25, 0.3) is 11.1 Å². The molecule has 0 aliphatic carbocycles. The van der Waals surface area contributed by atoms with Crippen molar-refractivity contribution in [2.45, 2.75) is 31.2 Å². The number of pyridine rings is 1. The maximum absolute atomic E-state index is 15.1. The normalized spacial score (nSPS) is 13.3. The largest absolute Gasteiger partial charge is 0.491 e. The molecule has 2 N–H and O–H groups in total. The van der Waals surface area contributed by atoms with Crippen LogP contribution in [0.2, 0.25) is 0 Å². The second kappa shape index (κ2) is 11.9. The Morgan fingerprint density at radius 2 is 1.90 bits per heavy atom. The minimum atomic E-state index is -3.77. The van der Waals surface area contributed by atoms with E-state index in [9.17, 15) is 18.0 Å². The van der Waals surface area contributed by atoms with Crippen LogP contribution < -0.4 is 15.4 Å². The van der Waals surface area contributed by atoms with Gasteiger partial charge in [-0.1, -0.05) is 13.0 Å². The molecule has 39 heavy (non-hydrogen) atoms. The molecule has 0 bridgehead atoms. The predicted molar refractivity (Wildman–Crippen MR) is 146 cm³/mol. The number of fused-ring (bicyclic) bond motifs is 1. The van der Waals surface area contributed by atoms with E-state index in [1.165, 1.54) is 6.07 Å². The molecule has 206 valence electrons. The molecule has 0 saturated carbocycles. The lowest BCUT2D eigenvalue weighted by atomic mass is 10.0. The summed E-state index contributed by atoms with van der Waals surface area (Å²) in [6.07, 6.45) is 3.11. The number of hydrogen-bond donors (Lipinski definition) is 2. The monoisotopic (exact) mass is 554 g/mol. The number of carbonyl (C=O) groups is 2. The van der Waals surface area contributed by atoms with E-state index < -0.39 is 26.5 Å². The number of carbonyl (C=O) groups excluding carboxylic acids is 2. The van der Waals surface area contributed by atoms with E-state index in [-0.39, 0.29) is 43.2 Å². The summed E-state index contributed by atoms with van der Waals surface area (Å²) in [6, 6.07) is 11.8.